The fraction of sp³-hybridized carbons (Fsp3) is 0.182. The molecule has 15 heavy (non-hydrogen) atoms. The molecular formula is C11H11N3O. The monoisotopic (exact) mass is 201 g/mol. The zero-order valence-electron chi connectivity index (χ0n) is 8.40. The quantitative estimate of drug-likeness (QED) is 0.798. The van der Waals surface area contributed by atoms with Crippen LogP contribution in [0, 0.1) is 0 Å². The van der Waals surface area contributed by atoms with Gasteiger partial charge in [0.25, 0.3) is 5.56 Å². The second kappa shape index (κ2) is 4.04. The fourth-order valence-electron chi connectivity index (χ4n) is 1.37. The van der Waals surface area contributed by atoms with Crippen molar-refractivity contribution in [2.75, 3.05) is 0 Å². The average Bonchev–Trinajstić information content (AvgIpc) is 2.30. The summed E-state index contributed by atoms with van der Waals surface area (Å²) < 4.78 is 0. The third-order valence-electron chi connectivity index (χ3n) is 2.17. The number of hydrogen-bond acceptors (Lipinski definition) is 3. The highest BCUT2D eigenvalue weighted by molar-refractivity contribution is 5.56. The molecule has 0 spiro atoms. The lowest BCUT2D eigenvalue weighted by molar-refractivity contribution is 0.982. The maximum absolute atomic E-state index is 11.5. The van der Waals surface area contributed by atoms with E-state index in [9.17, 15) is 4.79 Å². The van der Waals surface area contributed by atoms with E-state index in [1.54, 1.807) is 12.3 Å². The first kappa shape index (κ1) is 9.58. The summed E-state index contributed by atoms with van der Waals surface area (Å²) >= 11 is 0. The van der Waals surface area contributed by atoms with Crippen molar-refractivity contribution < 1.29 is 0 Å². The summed E-state index contributed by atoms with van der Waals surface area (Å²) in [5.41, 5.74) is 2.01. The molecule has 76 valence electrons. The lowest BCUT2D eigenvalue weighted by Gasteiger charge is -2.01. The van der Waals surface area contributed by atoms with E-state index in [-0.39, 0.29) is 5.56 Å². The SMILES string of the molecule is CCc1cccc(-c2ccn[nH]c2=O)n1. The standard InChI is InChI=1S/C11H11N3O/c1-2-8-4-3-5-10(13-8)9-6-7-12-14-11(9)15/h3-7H,2H2,1H3,(H,14,15). The Kier molecular flexibility index (Phi) is 2.58. The van der Waals surface area contributed by atoms with Crippen LogP contribution in [0.4, 0.5) is 0 Å². The van der Waals surface area contributed by atoms with E-state index in [1.807, 2.05) is 25.1 Å². The number of nitrogens with zero attached hydrogens (tertiary/aromatic N) is 2. The van der Waals surface area contributed by atoms with Gasteiger partial charge in [0.1, 0.15) is 0 Å². The minimum Gasteiger partial charge on any atom is -0.267 e. The van der Waals surface area contributed by atoms with Crippen LogP contribution in [0.1, 0.15) is 12.6 Å². The Morgan fingerprint density at radius 2 is 2.20 bits per heavy atom. The molecule has 0 saturated heterocycles. The van der Waals surface area contributed by atoms with E-state index in [0.717, 1.165) is 12.1 Å². The Morgan fingerprint density at radius 3 is 2.93 bits per heavy atom. The number of aromatic amines is 1. The van der Waals surface area contributed by atoms with Gasteiger partial charge in [-0.2, -0.15) is 5.10 Å². The van der Waals surface area contributed by atoms with Crippen molar-refractivity contribution in [2.24, 2.45) is 0 Å². The largest absolute Gasteiger partial charge is 0.273 e. The van der Waals surface area contributed by atoms with Gasteiger partial charge in [-0.25, -0.2) is 5.10 Å². The summed E-state index contributed by atoms with van der Waals surface area (Å²) in [6, 6.07) is 7.34. The summed E-state index contributed by atoms with van der Waals surface area (Å²) in [5.74, 6) is 0. The maximum atomic E-state index is 11.5. The number of aryl methyl sites for hydroxylation is 1. The molecule has 1 N–H and O–H groups in total. The van der Waals surface area contributed by atoms with Gasteiger partial charge in [0, 0.05) is 11.9 Å². The first-order valence-corrected chi connectivity index (χ1v) is 4.81. The second-order valence-electron chi connectivity index (χ2n) is 3.17. The zero-order chi connectivity index (χ0) is 10.7. The Hall–Kier alpha value is -1.97. The number of aromatic nitrogens is 3. The van der Waals surface area contributed by atoms with Crippen molar-refractivity contribution in [3.8, 4) is 11.3 Å². The summed E-state index contributed by atoms with van der Waals surface area (Å²) in [6.45, 7) is 2.03. The smallest absolute Gasteiger partial charge is 0.267 e. The molecule has 4 nitrogen and oxygen atoms in total. The first-order chi connectivity index (χ1) is 7.31. The molecular weight excluding hydrogens is 190 g/mol. The van der Waals surface area contributed by atoms with Crippen LogP contribution in [-0.4, -0.2) is 15.2 Å². The van der Waals surface area contributed by atoms with Gasteiger partial charge in [-0.3, -0.25) is 9.78 Å². The summed E-state index contributed by atoms with van der Waals surface area (Å²) in [4.78, 5) is 15.8. The third-order valence-corrected chi connectivity index (χ3v) is 2.17. The van der Waals surface area contributed by atoms with E-state index in [1.165, 1.54) is 0 Å². The highest BCUT2D eigenvalue weighted by atomic mass is 16.1. The minimum atomic E-state index is -0.210. The third kappa shape index (κ3) is 1.93. The second-order valence-corrected chi connectivity index (χ2v) is 3.17. The van der Waals surface area contributed by atoms with Gasteiger partial charge in [-0.05, 0) is 24.6 Å². The molecule has 0 amide bonds. The molecule has 0 aliphatic carbocycles. The first-order valence-electron chi connectivity index (χ1n) is 4.81. The lowest BCUT2D eigenvalue weighted by Crippen LogP contribution is -2.10. The van der Waals surface area contributed by atoms with Gasteiger partial charge in [0.15, 0.2) is 0 Å². The average molecular weight is 201 g/mol. The molecule has 2 aromatic heterocycles. The highest BCUT2D eigenvalue weighted by Gasteiger charge is 2.03. The van der Waals surface area contributed by atoms with Crippen LogP contribution < -0.4 is 5.56 Å². The van der Waals surface area contributed by atoms with Crippen molar-refractivity contribution in [1.29, 1.82) is 0 Å². The van der Waals surface area contributed by atoms with Crippen LogP contribution in [-0.2, 0) is 6.42 Å². The molecule has 0 saturated carbocycles. The van der Waals surface area contributed by atoms with E-state index in [4.69, 9.17) is 0 Å². The van der Waals surface area contributed by atoms with Gasteiger partial charge in [0.2, 0.25) is 0 Å². The van der Waals surface area contributed by atoms with E-state index >= 15 is 0 Å². The van der Waals surface area contributed by atoms with E-state index in [0.29, 0.717) is 11.3 Å². The maximum Gasteiger partial charge on any atom is 0.273 e. The molecule has 0 aliphatic heterocycles. The zero-order valence-corrected chi connectivity index (χ0v) is 8.40. The van der Waals surface area contributed by atoms with Crippen molar-refractivity contribution in [2.45, 2.75) is 13.3 Å². The van der Waals surface area contributed by atoms with Gasteiger partial charge in [0.05, 0.1) is 11.3 Å². The van der Waals surface area contributed by atoms with Crippen LogP contribution in [0.2, 0.25) is 0 Å². The minimum absolute atomic E-state index is 0.210. The van der Waals surface area contributed by atoms with Crippen molar-refractivity contribution in [3.05, 3.63) is 46.5 Å². The summed E-state index contributed by atoms with van der Waals surface area (Å²) in [6.07, 6.45) is 2.41. The van der Waals surface area contributed by atoms with E-state index in [2.05, 4.69) is 15.2 Å². The Balaban J connectivity index is 2.54. The normalized spacial score (nSPS) is 10.2. The number of nitrogens with one attached hydrogen (secondary N) is 1. The molecule has 0 unspecified atom stereocenters. The van der Waals surface area contributed by atoms with Crippen LogP contribution >= 0.6 is 0 Å². The molecule has 0 aliphatic rings. The number of rotatable bonds is 2. The number of pyridine rings is 1. The van der Waals surface area contributed by atoms with Gasteiger partial charge < -0.3 is 0 Å². The topological polar surface area (TPSA) is 58.6 Å². The lowest BCUT2D eigenvalue weighted by atomic mass is 10.2. The molecule has 2 rings (SSSR count). The molecule has 4 heteroatoms. The molecule has 0 bridgehead atoms. The molecule has 2 aromatic rings. The summed E-state index contributed by atoms with van der Waals surface area (Å²) in [5, 5.41) is 6.04. The molecule has 0 radical (unpaired) electrons. The van der Waals surface area contributed by atoms with Crippen molar-refractivity contribution in [1.82, 2.24) is 15.2 Å². The predicted molar refractivity (Wildman–Crippen MR) is 57.5 cm³/mol. The van der Waals surface area contributed by atoms with Crippen LogP contribution in [0.5, 0.6) is 0 Å². The Labute approximate surface area is 87.0 Å². The predicted octanol–water partition coefficient (Wildman–Crippen LogP) is 1.39. The van der Waals surface area contributed by atoms with Crippen molar-refractivity contribution in [3.63, 3.8) is 0 Å². The Morgan fingerprint density at radius 1 is 1.33 bits per heavy atom. The van der Waals surface area contributed by atoms with Crippen molar-refractivity contribution >= 4 is 0 Å². The van der Waals surface area contributed by atoms with Crippen LogP contribution in [0.3, 0.4) is 0 Å². The van der Waals surface area contributed by atoms with Gasteiger partial charge in [-0.1, -0.05) is 13.0 Å². The van der Waals surface area contributed by atoms with Crippen LogP contribution in [0.25, 0.3) is 11.3 Å². The fourth-order valence-corrected chi connectivity index (χ4v) is 1.37. The number of hydrogen-bond donors (Lipinski definition) is 1. The Bertz CT molecular complexity index is 519. The molecule has 0 aromatic carbocycles. The molecule has 0 atom stereocenters. The molecule has 2 heterocycles. The van der Waals surface area contributed by atoms with Gasteiger partial charge >= 0.3 is 0 Å². The van der Waals surface area contributed by atoms with E-state index < -0.39 is 0 Å². The van der Waals surface area contributed by atoms with Crippen LogP contribution in [0.15, 0.2) is 35.3 Å². The number of H-pyrrole nitrogens is 1. The molecule has 0 fully saturated rings. The van der Waals surface area contributed by atoms with Gasteiger partial charge in [-0.15, -0.1) is 0 Å². The highest BCUT2D eigenvalue weighted by Crippen LogP contribution is 2.11. The summed E-state index contributed by atoms with van der Waals surface area (Å²) in [7, 11) is 0.